The molecule has 0 spiro atoms. The zero-order valence-electron chi connectivity index (χ0n) is 16.4. The van der Waals surface area contributed by atoms with Crippen molar-refractivity contribution < 1.29 is 13.2 Å². The number of hydrogen-bond donors (Lipinski definition) is 0. The Labute approximate surface area is 171 Å². The van der Waals surface area contributed by atoms with Crippen molar-refractivity contribution in [2.24, 2.45) is 0 Å². The minimum absolute atomic E-state index is 0.0602. The van der Waals surface area contributed by atoms with Gasteiger partial charge in [0.25, 0.3) is 0 Å². The van der Waals surface area contributed by atoms with Crippen LogP contribution in [0.1, 0.15) is 63.6 Å². The second-order valence-electron chi connectivity index (χ2n) is 8.30. The lowest BCUT2D eigenvalue weighted by Gasteiger charge is -2.38. The SMILES string of the molecule is O=C(CSc1nnc2n1CCCCC2)N(C1CCCCC1)C1CCS(=O)(=O)C1. The van der Waals surface area contributed by atoms with Gasteiger partial charge in [-0.25, -0.2) is 8.42 Å². The number of nitrogens with zero attached hydrogens (tertiary/aromatic N) is 4. The van der Waals surface area contributed by atoms with Crippen molar-refractivity contribution in [1.29, 1.82) is 0 Å². The Balaban J connectivity index is 1.46. The minimum Gasteiger partial charge on any atom is -0.335 e. The maximum absolute atomic E-state index is 13.2. The standard InChI is InChI=1S/C19H30N4O3S2/c24-18(13-27-19-21-20-17-9-5-2-6-11-22(17)19)23(15-7-3-1-4-8-15)16-10-12-28(25,26)14-16/h15-16H,1-14H2. The van der Waals surface area contributed by atoms with Crippen molar-refractivity contribution in [2.45, 2.75) is 88.0 Å². The smallest absolute Gasteiger partial charge is 0.233 e. The predicted molar refractivity (Wildman–Crippen MR) is 109 cm³/mol. The average Bonchev–Trinajstić information content (AvgIpc) is 3.14. The summed E-state index contributed by atoms with van der Waals surface area (Å²) in [5, 5.41) is 9.45. The molecule has 156 valence electrons. The molecule has 4 rings (SSSR count). The van der Waals surface area contributed by atoms with Crippen LogP contribution in [0.5, 0.6) is 0 Å². The molecule has 1 aromatic rings. The normalized spacial score (nSPS) is 25.2. The molecule has 1 atom stereocenters. The maximum atomic E-state index is 13.2. The average molecular weight is 427 g/mol. The molecule has 1 saturated carbocycles. The van der Waals surface area contributed by atoms with E-state index in [-0.39, 0.29) is 29.5 Å². The Bertz CT molecular complexity index is 802. The minimum atomic E-state index is -3.01. The van der Waals surface area contributed by atoms with E-state index in [1.54, 1.807) is 0 Å². The molecular formula is C19H30N4O3S2. The monoisotopic (exact) mass is 426 g/mol. The molecule has 3 heterocycles. The molecule has 0 aromatic carbocycles. The van der Waals surface area contributed by atoms with Crippen molar-refractivity contribution in [3.8, 4) is 0 Å². The molecule has 1 aromatic heterocycles. The number of aromatic nitrogens is 3. The van der Waals surface area contributed by atoms with Crippen LogP contribution in [0.3, 0.4) is 0 Å². The van der Waals surface area contributed by atoms with Gasteiger partial charge in [-0.1, -0.05) is 37.4 Å². The van der Waals surface area contributed by atoms with Gasteiger partial charge in [-0.2, -0.15) is 0 Å². The molecule has 1 saturated heterocycles. The fraction of sp³-hybridized carbons (Fsp3) is 0.842. The van der Waals surface area contributed by atoms with Gasteiger partial charge in [0.05, 0.1) is 17.3 Å². The molecule has 0 N–H and O–H groups in total. The molecule has 3 aliphatic rings. The summed E-state index contributed by atoms with van der Waals surface area (Å²) >= 11 is 1.46. The number of hydrogen-bond acceptors (Lipinski definition) is 6. The number of aryl methyl sites for hydroxylation is 1. The van der Waals surface area contributed by atoms with Crippen LogP contribution in [0.25, 0.3) is 0 Å². The molecule has 1 amide bonds. The van der Waals surface area contributed by atoms with E-state index in [2.05, 4.69) is 14.8 Å². The summed E-state index contributed by atoms with van der Waals surface area (Å²) in [5.41, 5.74) is 0. The Morgan fingerprint density at radius 3 is 2.57 bits per heavy atom. The van der Waals surface area contributed by atoms with E-state index in [0.29, 0.717) is 12.2 Å². The van der Waals surface area contributed by atoms with E-state index < -0.39 is 9.84 Å². The van der Waals surface area contributed by atoms with E-state index in [4.69, 9.17) is 0 Å². The summed E-state index contributed by atoms with van der Waals surface area (Å²) in [5.74, 6) is 1.73. The van der Waals surface area contributed by atoms with Crippen molar-refractivity contribution in [3.05, 3.63) is 5.82 Å². The summed E-state index contributed by atoms with van der Waals surface area (Å²) in [6.07, 6.45) is 10.5. The molecular weight excluding hydrogens is 396 g/mol. The largest absolute Gasteiger partial charge is 0.335 e. The number of thioether (sulfide) groups is 1. The quantitative estimate of drug-likeness (QED) is 0.673. The lowest BCUT2D eigenvalue weighted by atomic mass is 9.93. The van der Waals surface area contributed by atoms with E-state index in [1.165, 1.54) is 24.6 Å². The molecule has 1 unspecified atom stereocenters. The Kier molecular flexibility index (Phi) is 6.30. The molecule has 0 radical (unpaired) electrons. The van der Waals surface area contributed by atoms with Gasteiger partial charge in [-0.05, 0) is 32.1 Å². The second kappa shape index (κ2) is 8.73. The van der Waals surface area contributed by atoms with Crippen molar-refractivity contribution in [3.63, 3.8) is 0 Å². The van der Waals surface area contributed by atoms with Crippen LogP contribution < -0.4 is 0 Å². The molecule has 7 nitrogen and oxygen atoms in total. The summed E-state index contributed by atoms with van der Waals surface area (Å²) in [6, 6.07) is 0.0346. The van der Waals surface area contributed by atoms with Crippen molar-refractivity contribution in [2.75, 3.05) is 17.3 Å². The lowest BCUT2D eigenvalue weighted by molar-refractivity contribution is -0.133. The summed E-state index contributed by atoms with van der Waals surface area (Å²) in [6.45, 7) is 0.923. The van der Waals surface area contributed by atoms with Gasteiger partial charge >= 0.3 is 0 Å². The summed E-state index contributed by atoms with van der Waals surface area (Å²) in [7, 11) is -3.01. The molecule has 2 fully saturated rings. The summed E-state index contributed by atoms with van der Waals surface area (Å²) in [4.78, 5) is 15.2. The predicted octanol–water partition coefficient (Wildman–Crippen LogP) is 2.45. The highest BCUT2D eigenvalue weighted by molar-refractivity contribution is 7.99. The van der Waals surface area contributed by atoms with Gasteiger partial charge in [-0.3, -0.25) is 4.79 Å². The van der Waals surface area contributed by atoms with Crippen LogP contribution in [-0.4, -0.2) is 63.3 Å². The molecule has 0 bridgehead atoms. The first-order chi connectivity index (χ1) is 13.5. The fourth-order valence-corrected chi connectivity index (χ4v) is 7.39. The van der Waals surface area contributed by atoms with Crippen LogP contribution in [-0.2, 0) is 27.6 Å². The number of amides is 1. The van der Waals surface area contributed by atoms with Gasteiger partial charge in [-0.15, -0.1) is 10.2 Å². The first-order valence-corrected chi connectivity index (χ1v) is 13.4. The number of sulfone groups is 1. The van der Waals surface area contributed by atoms with Crippen LogP contribution >= 0.6 is 11.8 Å². The molecule has 2 aliphatic heterocycles. The van der Waals surface area contributed by atoms with Gasteiger partial charge < -0.3 is 9.47 Å². The van der Waals surface area contributed by atoms with Crippen LogP contribution in [0.4, 0.5) is 0 Å². The summed E-state index contributed by atoms with van der Waals surface area (Å²) < 4.78 is 26.2. The number of carbonyl (C=O) groups is 1. The van der Waals surface area contributed by atoms with E-state index in [0.717, 1.165) is 62.5 Å². The van der Waals surface area contributed by atoms with Gasteiger partial charge in [0, 0.05) is 25.0 Å². The van der Waals surface area contributed by atoms with Gasteiger partial charge in [0.1, 0.15) is 5.82 Å². The maximum Gasteiger partial charge on any atom is 0.233 e. The third kappa shape index (κ3) is 4.56. The highest BCUT2D eigenvalue weighted by Gasteiger charge is 2.38. The van der Waals surface area contributed by atoms with Crippen LogP contribution in [0.15, 0.2) is 5.16 Å². The van der Waals surface area contributed by atoms with E-state index >= 15 is 0 Å². The third-order valence-corrected chi connectivity index (χ3v) is 8.96. The number of rotatable bonds is 5. The zero-order valence-corrected chi connectivity index (χ0v) is 18.0. The van der Waals surface area contributed by atoms with E-state index in [9.17, 15) is 13.2 Å². The molecule has 1 aliphatic carbocycles. The number of carbonyl (C=O) groups excluding carboxylic acids is 1. The fourth-order valence-electron chi connectivity index (χ4n) is 4.83. The van der Waals surface area contributed by atoms with Crippen molar-refractivity contribution in [1.82, 2.24) is 19.7 Å². The van der Waals surface area contributed by atoms with Crippen LogP contribution in [0.2, 0.25) is 0 Å². The Hall–Kier alpha value is -1.09. The zero-order chi connectivity index (χ0) is 19.6. The third-order valence-electron chi connectivity index (χ3n) is 6.26. The van der Waals surface area contributed by atoms with Crippen LogP contribution in [0, 0.1) is 0 Å². The first-order valence-electron chi connectivity index (χ1n) is 10.6. The first kappa shape index (κ1) is 20.2. The Morgan fingerprint density at radius 1 is 1.04 bits per heavy atom. The topological polar surface area (TPSA) is 85.2 Å². The van der Waals surface area contributed by atoms with Gasteiger partial charge in [0.15, 0.2) is 15.0 Å². The molecule has 9 heteroatoms. The van der Waals surface area contributed by atoms with Gasteiger partial charge in [0.2, 0.25) is 5.91 Å². The Morgan fingerprint density at radius 2 is 1.82 bits per heavy atom. The van der Waals surface area contributed by atoms with E-state index in [1.807, 2.05) is 4.90 Å². The lowest BCUT2D eigenvalue weighted by Crippen LogP contribution is -2.49. The second-order valence-corrected chi connectivity index (χ2v) is 11.5. The highest BCUT2D eigenvalue weighted by atomic mass is 32.2. The molecule has 28 heavy (non-hydrogen) atoms. The van der Waals surface area contributed by atoms with Crippen molar-refractivity contribution >= 4 is 27.5 Å². The number of fused-ring (bicyclic) bond motifs is 1. The highest BCUT2D eigenvalue weighted by Crippen LogP contribution is 2.30.